The van der Waals surface area contributed by atoms with Crippen LogP contribution in [0.4, 0.5) is 5.69 Å². The maximum atomic E-state index is 12.5. The Morgan fingerprint density at radius 2 is 1.97 bits per heavy atom. The second kappa shape index (κ2) is 11.2. The van der Waals surface area contributed by atoms with E-state index in [2.05, 4.69) is 45.6 Å². The fourth-order valence-corrected chi connectivity index (χ4v) is 4.23. The number of para-hydroxylation sites is 1. The Hall–Kier alpha value is -4.39. The van der Waals surface area contributed by atoms with E-state index < -0.39 is 0 Å². The summed E-state index contributed by atoms with van der Waals surface area (Å²) < 4.78 is 0. The molecular formula is C28H27N5O2. The minimum Gasteiger partial charge on any atom is -0.339 e. The summed E-state index contributed by atoms with van der Waals surface area (Å²) in [7, 11) is 0. The van der Waals surface area contributed by atoms with Crippen molar-refractivity contribution in [1.29, 1.82) is 0 Å². The quantitative estimate of drug-likeness (QED) is 0.365. The SMILES string of the molecule is C=C/N=C\N=C1/CC=C(c2ccc(C(=O)Nc3ccccc3)nc2)C=C1C1CCN(C(=O)C=C)C1. The molecule has 35 heavy (non-hydrogen) atoms. The number of anilines is 1. The molecule has 1 saturated heterocycles. The predicted octanol–water partition coefficient (Wildman–Crippen LogP) is 4.69. The van der Waals surface area contributed by atoms with Crippen molar-refractivity contribution in [3.05, 3.63) is 103 Å². The first kappa shape index (κ1) is 23.8. The van der Waals surface area contributed by atoms with Crippen LogP contribution in [0.1, 0.15) is 28.9 Å². The van der Waals surface area contributed by atoms with Crippen LogP contribution >= 0.6 is 0 Å². The third-order valence-corrected chi connectivity index (χ3v) is 6.02. The number of carbonyl (C=O) groups is 2. The molecule has 2 aromatic rings. The van der Waals surface area contributed by atoms with Gasteiger partial charge >= 0.3 is 0 Å². The lowest BCUT2D eigenvalue weighted by molar-refractivity contribution is -0.125. The van der Waals surface area contributed by atoms with Gasteiger partial charge in [-0.25, -0.2) is 9.98 Å². The Kier molecular flexibility index (Phi) is 7.57. The number of nitrogens with zero attached hydrogens (tertiary/aromatic N) is 4. The molecule has 0 spiro atoms. The lowest BCUT2D eigenvalue weighted by Crippen LogP contribution is -2.27. The van der Waals surface area contributed by atoms with Crippen molar-refractivity contribution < 1.29 is 9.59 Å². The Balaban J connectivity index is 1.55. The molecule has 0 radical (unpaired) electrons. The van der Waals surface area contributed by atoms with Gasteiger partial charge in [-0.05, 0) is 53.5 Å². The van der Waals surface area contributed by atoms with E-state index >= 15 is 0 Å². The molecule has 4 rings (SSSR count). The van der Waals surface area contributed by atoms with E-state index in [1.807, 2.05) is 41.3 Å². The molecule has 176 valence electrons. The maximum Gasteiger partial charge on any atom is 0.274 e. The van der Waals surface area contributed by atoms with Gasteiger partial charge in [0.25, 0.3) is 5.91 Å². The van der Waals surface area contributed by atoms with Crippen LogP contribution in [0.2, 0.25) is 0 Å². The van der Waals surface area contributed by atoms with E-state index in [-0.39, 0.29) is 17.7 Å². The molecule has 2 amide bonds. The molecule has 2 heterocycles. The first-order valence-corrected chi connectivity index (χ1v) is 11.4. The number of carbonyl (C=O) groups excluding carboxylic acids is 2. The van der Waals surface area contributed by atoms with E-state index in [0.717, 1.165) is 34.5 Å². The average Bonchev–Trinajstić information content (AvgIpc) is 3.39. The van der Waals surface area contributed by atoms with Crippen LogP contribution in [0, 0.1) is 5.92 Å². The highest BCUT2D eigenvalue weighted by molar-refractivity contribution is 6.09. The van der Waals surface area contributed by atoms with Crippen LogP contribution < -0.4 is 5.32 Å². The first-order valence-electron chi connectivity index (χ1n) is 11.4. The molecule has 1 aromatic heterocycles. The van der Waals surface area contributed by atoms with Crippen LogP contribution in [0.25, 0.3) is 5.57 Å². The van der Waals surface area contributed by atoms with Gasteiger partial charge in [-0.3, -0.25) is 14.6 Å². The number of hydrogen-bond donors (Lipinski definition) is 1. The van der Waals surface area contributed by atoms with Crippen molar-refractivity contribution in [2.75, 3.05) is 18.4 Å². The predicted molar refractivity (Wildman–Crippen MR) is 140 cm³/mol. The number of rotatable bonds is 7. The molecule has 0 bridgehead atoms. The molecule has 7 heteroatoms. The third-order valence-electron chi connectivity index (χ3n) is 6.02. The van der Waals surface area contributed by atoms with Crippen LogP contribution in [-0.2, 0) is 4.79 Å². The van der Waals surface area contributed by atoms with Crippen molar-refractivity contribution in [2.24, 2.45) is 15.9 Å². The first-order chi connectivity index (χ1) is 17.1. The third kappa shape index (κ3) is 5.76. The largest absolute Gasteiger partial charge is 0.339 e. The zero-order chi connectivity index (χ0) is 24.6. The molecule has 1 aromatic carbocycles. The van der Waals surface area contributed by atoms with Gasteiger partial charge in [0.15, 0.2) is 0 Å². The van der Waals surface area contributed by atoms with E-state index in [4.69, 9.17) is 0 Å². The van der Waals surface area contributed by atoms with Gasteiger partial charge in [0.1, 0.15) is 12.0 Å². The topological polar surface area (TPSA) is 87.0 Å². The van der Waals surface area contributed by atoms with E-state index in [1.165, 1.54) is 18.6 Å². The molecule has 1 aliphatic carbocycles. The van der Waals surface area contributed by atoms with E-state index in [1.54, 1.807) is 12.3 Å². The summed E-state index contributed by atoms with van der Waals surface area (Å²) in [4.78, 5) is 39.4. The molecule has 1 unspecified atom stereocenters. The van der Waals surface area contributed by atoms with Gasteiger partial charge in [0.05, 0.1) is 0 Å². The fourth-order valence-electron chi connectivity index (χ4n) is 4.23. The minimum absolute atomic E-state index is 0.0556. The zero-order valence-electron chi connectivity index (χ0n) is 19.4. The summed E-state index contributed by atoms with van der Waals surface area (Å²) in [6.45, 7) is 8.50. The number of benzene rings is 1. The summed E-state index contributed by atoms with van der Waals surface area (Å²) in [5.41, 5.74) is 4.99. The highest BCUT2D eigenvalue weighted by atomic mass is 16.2. The number of hydrogen-bond acceptors (Lipinski definition) is 4. The lowest BCUT2D eigenvalue weighted by Gasteiger charge is -2.22. The molecule has 7 nitrogen and oxygen atoms in total. The van der Waals surface area contributed by atoms with Crippen molar-refractivity contribution in [3.8, 4) is 0 Å². The molecule has 0 saturated carbocycles. The van der Waals surface area contributed by atoms with Gasteiger partial charge in [-0.15, -0.1) is 0 Å². The Morgan fingerprint density at radius 1 is 1.14 bits per heavy atom. The van der Waals surface area contributed by atoms with Crippen LogP contribution in [0.5, 0.6) is 0 Å². The van der Waals surface area contributed by atoms with Crippen molar-refractivity contribution in [1.82, 2.24) is 9.88 Å². The molecule has 1 atom stereocenters. The number of amides is 2. The van der Waals surface area contributed by atoms with Gasteiger partial charge in [-0.1, -0.05) is 43.5 Å². The molecule has 2 aliphatic rings. The van der Waals surface area contributed by atoms with Gasteiger partial charge in [0.2, 0.25) is 5.91 Å². The number of pyridine rings is 1. The second-order valence-electron chi connectivity index (χ2n) is 8.21. The number of likely N-dealkylation sites (tertiary alicyclic amines) is 1. The van der Waals surface area contributed by atoms with Gasteiger partial charge in [-0.2, -0.15) is 0 Å². The number of allylic oxidation sites excluding steroid dienone is 3. The summed E-state index contributed by atoms with van der Waals surface area (Å²) in [6, 6.07) is 12.9. The highest BCUT2D eigenvalue weighted by Crippen LogP contribution is 2.32. The summed E-state index contributed by atoms with van der Waals surface area (Å²) >= 11 is 0. The monoisotopic (exact) mass is 465 g/mol. The maximum absolute atomic E-state index is 12.5. The fraction of sp³-hybridized carbons (Fsp3) is 0.179. The number of aliphatic imine (C=N–C) groups is 2. The molecule has 1 aliphatic heterocycles. The number of nitrogens with one attached hydrogen (secondary N) is 1. The normalized spacial score (nSPS) is 18.8. The Morgan fingerprint density at radius 3 is 2.69 bits per heavy atom. The van der Waals surface area contributed by atoms with Crippen LogP contribution in [0.15, 0.2) is 102 Å². The molecular weight excluding hydrogens is 438 g/mol. The van der Waals surface area contributed by atoms with Crippen molar-refractivity contribution in [3.63, 3.8) is 0 Å². The van der Waals surface area contributed by atoms with Gasteiger partial charge in [0, 0.05) is 49.2 Å². The van der Waals surface area contributed by atoms with Crippen LogP contribution in [-0.4, -0.2) is 46.8 Å². The Labute approximate surface area is 205 Å². The zero-order valence-corrected chi connectivity index (χ0v) is 19.4. The van der Waals surface area contributed by atoms with E-state index in [9.17, 15) is 9.59 Å². The summed E-state index contributed by atoms with van der Waals surface area (Å²) in [6.07, 6.45) is 11.7. The summed E-state index contributed by atoms with van der Waals surface area (Å²) in [5.74, 6) is -0.146. The van der Waals surface area contributed by atoms with Gasteiger partial charge < -0.3 is 10.2 Å². The Bertz CT molecular complexity index is 1240. The highest BCUT2D eigenvalue weighted by Gasteiger charge is 2.30. The van der Waals surface area contributed by atoms with E-state index in [0.29, 0.717) is 25.2 Å². The molecule has 1 fully saturated rings. The van der Waals surface area contributed by atoms with Crippen molar-refractivity contribution in [2.45, 2.75) is 12.8 Å². The van der Waals surface area contributed by atoms with Crippen molar-refractivity contribution >= 4 is 35.1 Å². The summed E-state index contributed by atoms with van der Waals surface area (Å²) in [5, 5.41) is 2.85. The standard InChI is InChI=1S/C28H27N5O2/c1-3-27(34)33-15-14-22(18-33)24-16-20(10-12-25(24)31-19-29-4-2)21-11-13-26(30-17-21)28(35)32-23-8-6-5-7-9-23/h3-11,13,16-17,19,22H,1-2,12,14-15,18H2,(H,32,35)/b29-19-,31-25+. The second-order valence-corrected chi connectivity index (χ2v) is 8.21. The average molecular weight is 466 g/mol. The number of aromatic nitrogens is 1. The lowest BCUT2D eigenvalue weighted by atomic mass is 9.85. The molecule has 1 N–H and O–H groups in total. The minimum atomic E-state index is -0.259. The van der Waals surface area contributed by atoms with Crippen LogP contribution in [0.3, 0.4) is 0 Å². The smallest absolute Gasteiger partial charge is 0.274 e.